The van der Waals surface area contributed by atoms with E-state index in [2.05, 4.69) is 22.8 Å². The molecule has 0 heterocycles. The van der Waals surface area contributed by atoms with Gasteiger partial charge < -0.3 is 25.6 Å². The van der Waals surface area contributed by atoms with Crippen LogP contribution in [0.2, 0.25) is 0 Å². The smallest absolute Gasteiger partial charge is 0.407 e. The molecule has 0 aliphatic heterocycles. The minimum Gasteiger partial charge on any atom is -0.480 e. The first-order valence-corrected chi connectivity index (χ1v) is 10.5. The number of aliphatic carboxylic acids is 1. The Morgan fingerprint density at radius 1 is 1.03 bits per heavy atom. The number of amides is 2. The van der Waals surface area contributed by atoms with Crippen LogP contribution in [0, 0.1) is 0 Å². The van der Waals surface area contributed by atoms with Gasteiger partial charge in [-0.2, -0.15) is 0 Å². The maximum absolute atomic E-state index is 12.5. The molecule has 0 fully saturated rings. The highest BCUT2D eigenvalue weighted by Gasteiger charge is 2.30. The van der Waals surface area contributed by atoms with Gasteiger partial charge in [0.05, 0.1) is 6.61 Å². The highest BCUT2D eigenvalue weighted by atomic mass is 16.5. The summed E-state index contributed by atoms with van der Waals surface area (Å²) in [5.74, 6) is -1.88. The number of benzene rings is 2. The van der Waals surface area contributed by atoms with Crippen molar-refractivity contribution in [2.24, 2.45) is 0 Å². The van der Waals surface area contributed by atoms with Gasteiger partial charge in [-0.15, -0.1) is 0 Å². The predicted molar refractivity (Wildman–Crippen MR) is 118 cm³/mol. The summed E-state index contributed by atoms with van der Waals surface area (Å²) in [6.07, 6.45) is -0.336. The second-order valence-electron chi connectivity index (χ2n) is 8.48. The van der Waals surface area contributed by atoms with Crippen LogP contribution in [0.4, 0.5) is 4.79 Å². The second-order valence-corrected chi connectivity index (χ2v) is 8.48. The molecule has 0 spiro atoms. The first kappa shape index (κ1) is 23.3. The van der Waals surface area contributed by atoms with E-state index < -0.39 is 36.2 Å². The van der Waals surface area contributed by atoms with Gasteiger partial charge in [0, 0.05) is 17.9 Å². The van der Waals surface area contributed by atoms with Crippen molar-refractivity contribution in [3.8, 4) is 11.1 Å². The van der Waals surface area contributed by atoms with Crippen LogP contribution in [0.3, 0.4) is 0 Å². The maximum Gasteiger partial charge on any atom is 0.407 e. The molecule has 0 radical (unpaired) electrons. The normalized spacial score (nSPS) is 13.6. The van der Waals surface area contributed by atoms with E-state index in [1.54, 1.807) is 13.8 Å². The Bertz CT molecular complexity index is 958. The van der Waals surface area contributed by atoms with E-state index in [1.165, 1.54) is 0 Å². The average molecular weight is 440 g/mol. The van der Waals surface area contributed by atoms with Gasteiger partial charge in [0.2, 0.25) is 5.91 Å². The summed E-state index contributed by atoms with van der Waals surface area (Å²) in [5.41, 5.74) is 3.78. The fraction of sp³-hybridized carbons (Fsp3) is 0.375. The van der Waals surface area contributed by atoms with E-state index in [1.807, 2.05) is 36.4 Å². The number of nitrogens with one attached hydrogen (secondary N) is 2. The Morgan fingerprint density at radius 2 is 1.59 bits per heavy atom. The zero-order chi connectivity index (χ0) is 23.3. The fourth-order valence-electron chi connectivity index (χ4n) is 3.85. The molecule has 0 saturated carbocycles. The van der Waals surface area contributed by atoms with Crippen LogP contribution in [0.25, 0.3) is 11.1 Å². The summed E-state index contributed by atoms with van der Waals surface area (Å²) < 4.78 is 5.53. The molecule has 2 amide bonds. The van der Waals surface area contributed by atoms with Crippen molar-refractivity contribution in [2.45, 2.75) is 44.2 Å². The number of ether oxygens (including phenoxy) is 1. The van der Waals surface area contributed by atoms with E-state index in [9.17, 15) is 14.4 Å². The van der Waals surface area contributed by atoms with Crippen LogP contribution in [0.15, 0.2) is 48.5 Å². The molecule has 2 aromatic rings. The van der Waals surface area contributed by atoms with E-state index in [0.717, 1.165) is 22.3 Å². The number of aliphatic hydroxyl groups excluding tert-OH is 1. The van der Waals surface area contributed by atoms with E-state index in [0.29, 0.717) is 0 Å². The van der Waals surface area contributed by atoms with Crippen molar-refractivity contribution in [2.75, 3.05) is 13.2 Å². The van der Waals surface area contributed by atoms with E-state index in [4.69, 9.17) is 14.9 Å². The van der Waals surface area contributed by atoms with Gasteiger partial charge in [-0.3, -0.25) is 4.79 Å². The zero-order valence-corrected chi connectivity index (χ0v) is 18.1. The van der Waals surface area contributed by atoms with Crippen molar-refractivity contribution in [1.82, 2.24) is 10.6 Å². The van der Waals surface area contributed by atoms with Gasteiger partial charge in [-0.05, 0) is 42.5 Å². The Morgan fingerprint density at radius 3 is 2.12 bits per heavy atom. The molecule has 0 aromatic heterocycles. The van der Waals surface area contributed by atoms with E-state index >= 15 is 0 Å². The molecule has 2 aromatic carbocycles. The number of carboxylic acids is 1. The first-order valence-electron chi connectivity index (χ1n) is 10.5. The lowest BCUT2D eigenvalue weighted by molar-refractivity contribution is -0.143. The predicted octanol–water partition coefficient (Wildman–Crippen LogP) is 2.65. The largest absolute Gasteiger partial charge is 0.480 e. The monoisotopic (exact) mass is 440 g/mol. The Balaban J connectivity index is 1.53. The highest BCUT2D eigenvalue weighted by Crippen LogP contribution is 2.44. The standard InChI is InChI=1S/C24H28N2O6/c1-24(2,12-11-21(28)25-20(13-27)22(29)30)26-23(31)32-14-19-17-9-5-3-7-15(17)16-8-4-6-10-18(16)19/h3-10,19-20,27H,11-14H2,1-2H3,(H,25,28)(H,26,31)(H,29,30). The number of fused-ring (bicyclic) bond motifs is 3. The molecule has 8 nitrogen and oxygen atoms in total. The number of carbonyl (C=O) groups is 3. The minimum absolute atomic E-state index is 0.0135. The van der Waals surface area contributed by atoms with Gasteiger partial charge in [0.15, 0.2) is 0 Å². The molecule has 8 heteroatoms. The molecule has 1 aliphatic carbocycles. The number of hydrogen-bond donors (Lipinski definition) is 4. The molecule has 4 N–H and O–H groups in total. The lowest BCUT2D eigenvalue weighted by Crippen LogP contribution is -2.46. The first-order chi connectivity index (χ1) is 15.2. The number of alkyl carbamates (subject to hydrolysis) is 1. The van der Waals surface area contributed by atoms with Gasteiger partial charge in [-0.1, -0.05) is 48.5 Å². The lowest BCUT2D eigenvalue weighted by atomic mass is 9.98. The SMILES string of the molecule is CC(C)(CCC(=O)NC(CO)C(=O)O)NC(=O)OCC1c2ccccc2-c2ccccc21. The summed E-state index contributed by atoms with van der Waals surface area (Å²) in [7, 11) is 0. The lowest BCUT2D eigenvalue weighted by Gasteiger charge is -2.26. The summed E-state index contributed by atoms with van der Waals surface area (Å²) in [5, 5.41) is 22.9. The van der Waals surface area contributed by atoms with Crippen molar-refractivity contribution < 1.29 is 29.3 Å². The molecule has 1 atom stereocenters. The van der Waals surface area contributed by atoms with Crippen LogP contribution < -0.4 is 10.6 Å². The van der Waals surface area contributed by atoms with Crippen LogP contribution in [-0.2, 0) is 14.3 Å². The molecule has 0 bridgehead atoms. The van der Waals surface area contributed by atoms with Crippen LogP contribution in [0.5, 0.6) is 0 Å². The number of carboxylic acid groups (broad SMARTS) is 1. The molecular weight excluding hydrogens is 412 g/mol. The van der Waals surface area contributed by atoms with Gasteiger partial charge >= 0.3 is 12.1 Å². The highest BCUT2D eigenvalue weighted by molar-refractivity contribution is 5.83. The molecule has 1 unspecified atom stereocenters. The van der Waals surface area contributed by atoms with Gasteiger partial charge in [-0.25, -0.2) is 9.59 Å². The summed E-state index contributed by atoms with van der Waals surface area (Å²) in [6, 6.07) is 14.8. The molecule has 32 heavy (non-hydrogen) atoms. The van der Waals surface area contributed by atoms with Crippen molar-refractivity contribution >= 4 is 18.0 Å². The molecule has 1 aliphatic rings. The summed E-state index contributed by atoms with van der Waals surface area (Å²) in [4.78, 5) is 35.3. The Hall–Kier alpha value is -3.39. The Labute approximate surface area is 186 Å². The number of hydrogen-bond acceptors (Lipinski definition) is 5. The van der Waals surface area contributed by atoms with E-state index in [-0.39, 0.29) is 25.4 Å². The van der Waals surface area contributed by atoms with Gasteiger partial charge in [0.1, 0.15) is 12.6 Å². The molecule has 170 valence electrons. The van der Waals surface area contributed by atoms with Crippen LogP contribution in [0.1, 0.15) is 43.7 Å². The quantitative estimate of drug-likeness (QED) is 0.475. The minimum atomic E-state index is -1.35. The zero-order valence-electron chi connectivity index (χ0n) is 18.1. The van der Waals surface area contributed by atoms with Crippen molar-refractivity contribution in [3.05, 3.63) is 59.7 Å². The maximum atomic E-state index is 12.5. The third-order valence-electron chi connectivity index (χ3n) is 5.58. The van der Waals surface area contributed by atoms with Crippen LogP contribution >= 0.6 is 0 Å². The van der Waals surface area contributed by atoms with Crippen molar-refractivity contribution in [1.29, 1.82) is 0 Å². The van der Waals surface area contributed by atoms with Crippen molar-refractivity contribution in [3.63, 3.8) is 0 Å². The summed E-state index contributed by atoms with van der Waals surface area (Å²) >= 11 is 0. The summed E-state index contributed by atoms with van der Waals surface area (Å²) in [6.45, 7) is 3.00. The van der Waals surface area contributed by atoms with Gasteiger partial charge in [0.25, 0.3) is 0 Å². The number of aliphatic hydroxyl groups is 1. The van der Waals surface area contributed by atoms with Crippen LogP contribution in [-0.4, -0.2) is 53.0 Å². The molecule has 3 rings (SSSR count). The number of carbonyl (C=O) groups excluding carboxylic acids is 2. The third kappa shape index (κ3) is 5.45. The molecule has 0 saturated heterocycles. The fourth-order valence-corrected chi connectivity index (χ4v) is 3.85. The molecular formula is C24H28N2O6. The Kier molecular flexibility index (Phi) is 7.15. The third-order valence-corrected chi connectivity index (χ3v) is 5.58. The topological polar surface area (TPSA) is 125 Å². The number of rotatable bonds is 9. The second kappa shape index (κ2) is 9.82. The average Bonchev–Trinajstić information content (AvgIpc) is 3.08.